The molecule has 1 spiro atoms. The summed E-state index contributed by atoms with van der Waals surface area (Å²) >= 11 is 0. The van der Waals surface area contributed by atoms with Gasteiger partial charge in [0.05, 0.1) is 19.6 Å². The molecule has 2 fully saturated rings. The minimum Gasteiger partial charge on any atom is -0.468 e. The van der Waals surface area contributed by atoms with Crippen molar-refractivity contribution in [3.63, 3.8) is 0 Å². The van der Waals surface area contributed by atoms with E-state index in [-0.39, 0.29) is 31.1 Å². The number of fused-ring (bicyclic) bond motifs is 1. The van der Waals surface area contributed by atoms with Crippen LogP contribution < -0.4 is 0 Å². The fourth-order valence-corrected chi connectivity index (χ4v) is 2.96. The van der Waals surface area contributed by atoms with Gasteiger partial charge in [0.1, 0.15) is 17.6 Å². The monoisotopic (exact) mass is 224 g/mol. The fourth-order valence-electron chi connectivity index (χ4n) is 2.96. The Balaban J connectivity index is 2.08. The molecule has 0 N–H and O–H groups in total. The molecule has 0 aliphatic carbocycles. The van der Waals surface area contributed by atoms with Crippen molar-refractivity contribution < 1.29 is 23.8 Å². The van der Waals surface area contributed by atoms with Gasteiger partial charge >= 0.3 is 11.9 Å². The summed E-state index contributed by atoms with van der Waals surface area (Å²) < 4.78 is 15.6. The molecule has 3 unspecified atom stereocenters. The van der Waals surface area contributed by atoms with Crippen LogP contribution in [0.3, 0.4) is 0 Å². The maximum atomic E-state index is 12.0. The third-order valence-electron chi connectivity index (χ3n) is 3.77. The molecule has 2 bridgehead atoms. The van der Waals surface area contributed by atoms with E-state index in [1.807, 2.05) is 12.2 Å². The molecule has 3 rings (SSSR count). The Morgan fingerprint density at radius 1 is 1.62 bits per heavy atom. The van der Waals surface area contributed by atoms with Crippen molar-refractivity contribution >= 4 is 11.9 Å². The van der Waals surface area contributed by atoms with E-state index < -0.39 is 11.0 Å². The number of methoxy groups -OCH3 is 1. The average molecular weight is 224 g/mol. The number of cyclic esters (lactones) is 1. The standard InChI is InChI=1S/C11H12O5/c1-14-9(13)10-4-7-2-3-11(10,16-7)6-15-8(12)5-10/h2-3,7H,4-6H2,1H3. The summed E-state index contributed by atoms with van der Waals surface area (Å²) in [6, 6.07) is 0. The fraction of sp³-hybridized carbons (Fsp3) is 0.636. The largest absolute Gasteiger partial charge is 0.468 e. The van der Waals surface area contributed by atoms with E-state index >= 15 is 0 Å². The van der Waals surface area contributed by atoms with Gasteiger partial charge in [0, 0.05) is 0 Å². The lowest BCUT2D eigenvalue weighted by atomic mass is 9.65. The van der Waals surface area contributed by atoms with Gasteiger partial charge < -0.3 is 14.2 Å². The van der Waals surface area contributed by atoms with Gasteiger partial charge in [0.2, 0.25) is 0 Å². The molecule has 0 saturated carbocycles. The second kappa shape index (κ2) is 2.85. The zero-order valence-corrected chi connectivity index (χ0v) is 8.89. The number of ether oxygens (including phenoxy) is 3. The van der Waals surface area contributed by atoms with E-state index in [9.17, 15) is 9.59 Å². The van der Waals surface area contributed by atoms with Gasteiger partial charge in [-0.2, -0.15) is 0 Å². The van der Waals surface area contributed by atoms with E-state index in [4.69, 9.17) is 14.2 Å². The van der Waals surface area contributed by atoms with Crippen LogP contribution in [0.15, 0.2) is 12.2 Å². The van der Waals surface area contributed by atoms with E-state index in [0.717, 1.165) is 0 Å². The summed E-state index contributed by atoms with van der Waals surface area (Å²) in [7, 11) is 1.33. The lowest BCUT2D eigenvalue weighted by molar-refractivity contribution is -0.188. The Bertz CT molecular complexity index is 401. The molecule has 0 radical (unpaired) electrons. The summed E-state index contributed by atoms with van der Waals surface area (Å²) in [5.41, 5.74) is -1.67. The molecule has 0 aromatic rings. The van der Waals surface area contributed by atoms with Gasteiger partial charge in [-0.25, -0.2) is 0 Å². The molecular weight excluding hydrogens is 212 g/mol. The number of carbonyl (C=O) groups is 2. The predicted octanol–water partition coefficient (Wildman–Crippen LogP) is 0.190. The first-order valence-electron chi connectivity index (χ1n) is 5.23. The maximum absolute atomic E-state index is 12.0. The van der Waals surface area contributed by atoms with Crippen LogP contribution in [0.25, 0.3) is 0 Å². The molecule has 0 amide bonds. The quantitative estimate of drug-likeness (QED) is 0.470. The molecule has 2 saturated heterocycles. The third-order valence-corrected chi connectivity index (χ3v) is 3.77. The number of carbonyl (C=O) groups excluding carboxylic acids is 2. The highest BCUT2D eigenvalue weighted by Gasteiger charge is 2.69. The maximum Gasteiger partial charge on any atom is 0.315 e. The van der Waals surface area contributed by atoms with Crippen molar-refractivity contribution in [2.45, 2.75) is 24.5 Å². The minimum absolute atomic E-state index is 0.0422. The first-order chi connectivity index (χ1) is 7.62. The van der Waals surface area contributed by atoms with Crippen molar-refractivity contribution in [2.75, 3.05) is 13.7 Å². The van der Waals surface area contributed by atoms with E-state index in [0.29, 0.717) is 6.42 Å². The Labute approximate surface area is 92.3 Å². The summed E-state index contributed by atoms with van der Waals surface area (Å²) in [5.74, 6) is -0.739. The molecule has 86 valence electrons. The van der Waals surface area contributed by atoms with Crippen LogP contribution in [-0.2, 0) is 23.8 Å². The summed E-state index contributed by atoms with van der Waals surface area (Å²) in [4.78, 5) is 23.4. The summed E-state index contributed by atoms with van der Waals surface area (Å²) in [6.45, 7) is 0.105. The van der Waals surface area contributed by atoms with E-state index in [2.05, 4.69) is 0 Å². The van der Waals surface area contributed by atoms with Gasteiger partial charge in [-0.15, -0.1) is 0 Å². The Morgan fingerprint density at radius 3 is 3.12 bits per heavy atom. The zero-order chi connectivity index (χ0) is 11.4. The van der Waals surface area contributed by atoms with Gasteiger partial charge in [-0.05, 0) is 12.5 Å². The summed E-state index contributed by atoms with van der Waals surface area (Å²) in [6.07, 6.45) is 4.20. The lowest BCUT2D eigenvalue weighted by Gasteiger charge is -2.42. The number of hydrogen-bond donors (Lipinski definition) is 0. The molecule has 3 aliphatic heterocycles. The van der Waals surface area contributed by atoms with Gasteiger partial charge in [-0.3, -0.25) is 9.59 Å². The average Bonchev–Trinajstić information content (AvgIpc) is 2.82. The number of esters is 2. The summed E-state index contributed by atoms with van der Waals surface area (Å²) in [5, 5.41) is 0. The second-order valence-corrected chi connectivity index (χ2v) is 4.52. The molecule has 3 heterocycles. The van der Waals surface area contributed by atoms with Crippen molar-refractivity contribution in [2.24, 2.45) is 5.41 Å². The zero-order valence-electron chi connectivity index (χ0n) is 8.89. The van der Waals surface area contributed by atoms with Gasteiger partial charge in [0.25, 0.3) is 0 Å². The Hall–Kier alpha value is -1.36. The van der Waals surface area contributed by atoms with Crippen LogP contribution in [0, 0.1) is 5.41 Å². The van der Waals surface area contributed by atoms with Crippen LogP contribution in [0.4, 0.5) is 0 Å². The van der Waals surface area contributed by atoms with Crippen molar-refractivity contribution in [3.8, 4) is 0 Å². The normalized spacial score (nSPS) is 44.1. The van der Waals surface area contributed by atoms with E-state index in [1.165, 1.54) is 7.11 Å². The molecule has 0 aromatic carbocycles. The minimum atomic E-state index is -0.878. The highest BCUT2D eigenvalue weighted by Crippen LogP contribution is 2.56. The molecule has 0 aromatic heterocycles. The van der Waals surface area contributed by atoms with Crippen LogP contribution in [0.2, 0.25) is 0 Å². The molecule has 3 atom stereocenters. The Kier molecular flexibility index (Phi) is 1.75. The van der Waals surface area contributed by atoms with Gasteiger partial charge in [-0.1, -0.05) is 6.08 Å². The SMILES string of the molecule is COC(=O)C12CC(=O)OCC13C=CC(C2)O3. The van der Waals surface area contributed by atoms with Crippen molar-refractivity contribution in [1.82, 2.24) is 0 Å². The van der Waals surface area contributed by atoms with Crippen LogP contribution in [0.1, 0.15) is 12.8 Å². The number of rotatable bonds is 1. The van der Waals surface area contributed by atoms with Crippen LogP contribution >= 0.6 is 0 Å². The molecular formula is C11H12O5. The van der Waals surface area contributed by atoms with Crippen LogP contribution in [-0.4, -0.2) is 37.4 Å². The highest BCUT2D eigenvalue weighted by atomic mass is 16.6. The molecule has 5 nitrogen and oxygen atoms in total. The second-order valence-electron chi connectivity index (χ2n) is 4.52. The van der Waals surface area contributed by atoms with Crippen molar-refractivity contribution in [3.05, 3.63) is 12.2 Å². The highest BCUT2D eigenvalue weighted by molar-refractivity contribution is 5.87. The smallest absolute Gasteiger partial charge is 0.315 e. The lowest BCUT2D eigenvalue weighted by Crippen LogP contribution is -2.57. The topological polar surface area (TPSA) is 61.8 Å². The van der Waals surface area contributed by atoms with Crippen molar-refractivity contribution in [1.29, 1.82) is 0 Å². The van der Waals surface area contributed by atoms with E-state index in [1.54, 1.807) is 0 Å². The molecule has 16 heavy (non-hydrogen) atoms. The van der Waals surface area contributed by atoms with Crippen LogP contribution in [0.5, 0.6) is 0 Å². The first-order valence-corrected chi connectivity index (χ1v) is 5.23. The first kappa shape index (κ1) is 9.84. The number of hydrogen-bond acceptors (Lipinski definition) is 5. The third kappa shape index (κ3) is 0.942. The predicted molar refractivity (Wildman–Crippen MR) is 51.4 cm³/mol. The molecule has 3 aliphatic rings. The Morgan fingerprint density at radius 2 is 2.44 bits per heavy atom. The molecule has 5 heteroatoms. The van der Waals surface area contributed by atoms with Gasteiger partial charge in [0.15, 0.2) is 0 Å².